The summed E-state index contributed by atoms with van der Waals surface area (Å²) in [6.07, 6.45) is 5.17. The number of imidazole rings is 1. The first kappa shape index (κ1) is 24.0. The van der Waals surface area contributed by atoms with Crippen molar-refractivity contribution in [3.63, 3.8) is 0 Å². The SMILES string of the molecule is Cc1nc2cnccc2n1-c1ccc(C(=O)Nc2cnc3ccccc3c2)cc1.O=C(Cl)C(=O)Cl. The van der Waals surface area contributed by atoms with Crippen molar-refractivity contribution in [3.05, 3.63) is 90.6 Å². The molecule has 35 heavy (non-hydrogen) atoms. The van der Waals surface area contributed by atoms with Crippen molar-refractivity contribution in [2.45, 2.75) is 6.92 Å². The molecule has 0 unspecified atom stereocenters. The van der Waals surface area contributed by atoms with Crippen LogP contribution < -0.4 is 5.32 Å². The Balaban J connectivity index is 0.000000431. The van der Waals surface area contributed by atoms with Gasteiger partial charge in [0.25, 0.3) is 5.91 Å². The van der Waals surface area contributed by atoms with Gasteiger partial charge in [0.15, 0.2) is 0 Å². The molecule has 2 aromatic carbocycles. The van der Waals surface area contributed by atoms with E-state index in [-0.39, 0.29) is 5.91 Å². The van der Waals surface area contributed by atoms with E-state index in [1.54, 1.807) is 18.6 Å². The van der Waals surface area contributed by atoms with E-state index in [0.717, 1.165) is 33.4 Å². The average Bonchev–Trinajstić information content (AvgIpc) is 3.20. The maximum Gasteiger partial charge on any atom is 0.304 e. The van der Waals surface area contributed by atoms with Gasteiger partial charge in [0.05, 0.1) is 29.1 Å². The predicted octanol–water partition coefficient (Wildman–Crippen LogP) is 5.05. The van der Waals surface area contributed by atoms with Crippen LogP contribution in [0.15, 0.2) is 79.3 Å². The van der Waals surface area contributed by atoms with Gasteiger partial charge in [-0.15, -0.1) is 0 Å². The van der Waals surface area contributed by atoms with Crippen molar-refractivity contribution < 1.29 is 14.4 Å². The van der Waals surface area contributed by atoms with E-state index in [4.69, 9.17) is 0 Å². The lowest BCUT2D eigenvalue weighted by atomic mass is 10.1. The summed E-state index contributed by atoms with van der Waals surface area (Å²) >= 11 is 8.98. The summed E-state index contributed by atoms with van der Waals surface area (Å²) < 4.78 is 2.05. The number of hydrogen-bond acceptors (Lipinski definition) is 6. The van der Waals surface area contributed by atoms with Gasteiger partial charge in [-0.1, -0.05) is 18.2 Å². The molecule has 0 aliphatic heterocycles. The van der Waals surface area contributed by atoms with Crippen LogP contribution in [0.1, 0.15) is 16.2 Å². The Morgan fingerprint density at radius 1 is 0.886 bits per heavy atom. The quantitative estimate of drug-likeness (QED) is 0.270. The minimum Gasteiger partial charge on any atom is -0.321 e. The number of anilines is 1. The first-order chi connectivity index (χ1) is 16.8. The van der Waals surface area contributed by atoms with Gasteiger partial charge >= 0.3 is 10.5 Å². The molecule has 174 valence electrons. The number of carbonyl (C=O) groups is 3. The summed E-state index contributed by atoms with van der Waals surface area (Å²) in [5.41, 5.74) is 4.91. The predicted molar refractivity (Wildman–Crippen MR) is 135 cm³/mol. The number of nitrogens with one attached hydrogen (secondary N) is 1. The second kappa shape index (κ2) is 10.4. The third-order valence-electron chi connectivity index (χ3n) is 5.02. The Kier molecular flexibility index (Phi) is 7.14. The summed E-state index contributed by atoms with van der Waals surface area (Å²) in [4.78, 5) is 44.6. The van der Waals surface area contributed by atoms with Crippen LogP contribution in [0.2, 0.25) is 0 Å². The molecule has 0 aliphatic rings. The minimum atomic E-state index is -1.14. The number of hydrogen-bond donors (Lipinski definition) is 1. The van der Waals surface area contributed by atoms with Crippen molar-refractivity contribution in [1.29, 1.82) is 0 Å². The number of halogens is 2. The summed E-state index contributed by atoms with van der Waals surface area (Å²) in [6, 6.07) is 19.1. The highest BCUT2D eigenvalue weighted by molar-refractivity contribution is 6.97. The molecule has 0 bridgehead atoms. The van der Waals surface area contributed by atoms with Gasteiger partial charge in [0, 0.05) is 22.8 Å². The van der Waals surface area contributed by atoms with Crippen LogP contribution in [-0.4, -0.2) is 35.9 Å². The Morgan fingerprint density at radius 2 is 1.60 bits per heavy atom. The molecule has 1 amide bonds. The van der Waals surface area contributed by atoms with E-state index in [2.05, 4.69) is 43.5 Å². The standard InChI is InChI=1S/C23H17N5O.C2Cl2O2/c1-15-26-21-14-24-11-10-22(21)28(15)19-8-6-16(7-9-19)23(29)27-18-12-17-4-2-3-5-20(17)25-13-18;3-1(5)2(4)6/h2-14H,1H3,(H,27,29);. The minimum absolute atomic E-state index is 0.176. The highest BCUT2D eigenvalue weighted by Gasteiger charge is 2.11. The van der Waals surface area contributed by atoms with Crippen LogP contribution in [-0.2, 0) is 9.59 Å². The number of para-hydroxylation sites is 1. The summed E-state index contributed by atoms with van der Waals surface area (Å²) in [5.74, 6) is 0.692. The molecule has 0 saturated carbocycles. The number of fused-ring (bicyclic) bond motifs is 2. The fourth-order valence-corrected chi connectivity index (χ4v) is 3.48. The molecule has 0 fully saturated rings. The van der Waals surface area contributed by atoms with Crippen LogP contribution in [0.25, 0.3) is 27.6 Å². The van der Waals surface area contributed by atoms with Crippen molar-refractivity contribution in [2.75, 3.05) is 5.32 Å². The third-order valence-corrected chi connectivity index (χ3v) is 5.46. The fraction of sp³-hybridized carbons (Fsp3) is 0.0400. The normalized spacial score (nSPS) is 10.5. The molecule has 5 rings (SSSR count). The van der Waals surface area contributed by atoms with Gasteiger partial charge in [0.1, 0.15) is 11.3 Å². The van der Waals surface area contributed by atoms with Crippen LogP contribution >= 0.6 is 23.2 Å². The lowest BCUT2D eigenvalue weighted by Crippen LogP contribution is -2.12. The number of aryl methyl sites for hydroxylation is 1. The van der Waals surface area contributed by atoms with Crippen LogP contribution in [0.4, 0.5) is 5.69 Å². The van der Waals surface area contributed by atoms with Gasteiger partial charge in [-0.2, -0.15) is 0 Å². The van der Waals surface area contributed by atoms with Gasteiger partial charge < -0.3 is 5.32 Å². The molecule has 1 N–H and O–H groups in total. The molecule has 0 saturated heterocycles. The fourth-order valence-electron chi connectivity index (χ4n) is 3.48. The molecule has 0 radical (unpaired) electrons. The van der Waals surface area contributed by atoms with Crippen molar-refractivity contribution in [1.82, 2.24) is 19.5 Å². The number of nitrogens with zero attached hydrogens (tertiary/aromatic N) is 4. The second-order valence-corrected chi connectivity index (χ2v) is 8.01. The van der Waals surface area contributed by atoms with Crippen LogP contribution in [0.3, 0.4) is 0 Å². The van der Waals surface area contributed by atoms with E-state index in [0.29, 0.717) is 11.3 Å². The molecule has 3 aromatic heterocycles. The van der Waals surface area contributed by atoms with E-state index in [1.165, 1.54) is 0 Å². The second-order valence-electron chi connectivity index (χ2n) is 7.32. The monoisotopic (exact) mass is 505 g/mol. The van der Waals surface area contributed by atoms with Gasteiger partial charge in [-0.25, -0.2) is 4.98 Å². The van der Waals surface area contributed by atoms with E-state index in [1.807, 2.05) is 72.2 Å². The van der Waals surface area contributed by atoms with Gasteiger partial charge in [-0.05, 0) is 72.6 Å². The first-order valence-electron chi connectivity index (χ1n) is 10.3. The van der Waals surface area contributed by atoms with E-state index >= 15 is 0 Å². The molecule has 5 aromatic rings. The van der Waals surface area contributed by atoms with Crippen molar-refractivity contribution in [2.24, 2.45) is 0 Å². The molecule has 0 aliphatic carbocycles. The van der Waals surface area contributed by atoms with Crippen molar-refractivity contribution >= 4 is 67.2 Å². The van der Waals surface area contributed by atoms with Gasteiger partial charge in [0.2, 0.25) is 0 Å². The zero-order valence-electron chi connectivity index (χ0n) is 18.3. The molecule has 0 atom stereocenters. The smallest absolute Gasteiger partial charge is 0.304 e. The van der Waals surface area contributed by atoms with Crippen molar-refractivity contribution in [3.8, 4) is 5.69 Å². The van der Waals surface area contributed by atoms with Gasteiger partial charge in [-0.3, -0.25) is 28.9 Å². The number of rotatable bonds is 4. The number of carbonyl (C=O) groups excluding carboxylic acids is 3. The van der Waals surface area contributed by atoms with Crippen LogP contribution in [0.5, 0.6) is 0 Å². The average molecular weight is 506 g/mol. The van der Waals surface area contributed by atoms with Crippen LogP contribution in [0, 0.1) is 6.92 Å². The molecular formula is C25H17Cl2N5O3. The maximum absolute atomic E-state index is 12.7. The Labute approximate surface area is 209 Å². The molecule has 3 heterocycles. The zero-order valence-corrected chi connectivity index (χ0v) is 19.8. The number of amides is 1. The van der Waals surface area contributed by atoms with E-state index < -0.39 is 10.5 Å². The number of pyridine rings is 2. The zero-order chi connectivity index (χ0) is 24.9. The lowest BCUT2D eigenvalue weighted by Gasteiger charge is -2.09. The highest BCUT2D eigenvalue weighted by atomic mass is 35.5. The molecule has 8 nitrogen and oxygen atoms in total. The summed E-state index contributed by atoms with van der Waals surface area (Å²) in [7, 11) is 0. The lowest BCUT2D eigenvalue weighted by molar-refractivity contribution is -0.127. The third kappa shape index (κ3) is 5.51. The Bertz CT molecular complexity index is 1550. The largest absolute Gasteiger partial charge is 0.321 e. The Hall–Kier alpha value is -4.14. The van der Waals surface area contributed by atoms with E-state index in [9.17, 15) is 14.4 Å². The first-order valence-corrected chi connectivity index (χ1v) is 11.0. The maximum atomic E-state index is 12.7. The molecule has 10 heteroatoms. The Morgan fingerprint density at radius 3 is 2.31 bits per heavy atom. The molecule has 0 spiro atoms. The highest BCUT2D eigenvalue weighted by Crippen LogP contribution is 2.21. The number of benzene rings is 2. The topological polar surface area (TPSA) is 107 Å². The summed E-state index contributed by atoms with van der Waals surface area (Å²) in [6.45, 7) is 1.95. The summed E-state index contributed by atoms with van der Waals surface area (Å²) in [5, 5.41) is 1.62. The molecular weight excluding hydrogens is 489 g/mol. The number of aromatic nitrogens is 4.